The molecule has 2 saturated heterocycles. The number of hydrogen-bond donors (Lipinski definition) is 1. The van der Waals surface area contributed by atoms with Crippen LogP contribution in [0.3, 0.4) is 0 Å². The number of nitrogens with zero attached hydrogens (tertiary/aromatic N) is 1. The molecular weight excluding hydrogens is 196 g/mol. The molecule has 0 aromatic rings. The minimum Gasteiger partial charge on any atom is -0.315 e. The zero-order valence-corrected chi connectivity index (χ0v) is 11.3. The highest BCUT2D eigenvalue weighted by Gasteiger charge is 2.38. The summed E-state index contributed by atoms with van der Waals surface area (Å²) in [5, 5.41) is 3.58. The van der Waals surface area contributed by atoms with Crippen LogP contribution in [-0.4, -0.2) is 37.1 Å². The van der Waals surface area contributed by atoms with Gasteiger partial charge < -0.3 is 5.32 Å². The maximum absolute atomic E-state index is 3.58. The minimum absolute atomic E-state index is 0.640. The highest BCUT2D eigenvalue weighted by Crippen LogP contribution is 2.38. The van der Waals surface area contributed by atoms with Gasteiger partial charge in [0.25, 0.3) is 0 Å². The van der Waals surface area contributed by atoms with E-state index in [1.165, 1.54) is 51.9 Å². The summed E-state index contributed by atoms with van der Waals surface area (Å²) in [6.45, 7) is 12.2. The summed E-state index contributed by atoms with van der Waals surface area (Å²) in [4.78, 5) is 2.76. The molecular formula is C14H28N2. The normalized spacial score (nSPS) is 35.4. The van der Waals surface area contributed by atoms with Gasteiger partial charge >= 0.3 is 0 Å². The van der Waals surface area contributed by atoms with Crippen molar-refractivity contribution in [3.63, 3.8) is 0 Å². The lowest BCUT2D eigenvalue weighted by Crippen LogP contribution is -2.48. The summed E-state index contributed by atoms with van der Waals surface area (Å²) in [5.74, 6) is 0.858. The van der Waals surface area contributed by atoms with E-state index in [2.05, 4.69) is 31.0 Å². The number of nitrogens with one attached hydrogen (secondary N) is 1. The summed E-state index contributed by atoms with van der Waals surface area (Å²) < 4.78 is 0. The SMILES string of the molecule is CCC1(CC)CCN(C2CNCC(C)C2)C1. The van der Waals surface area contributed by atoms with Gasteiger partial charge in [-0.2, -0.15) is 0 Å². The summed E-state index contributed by atoms with van der Waals surface area (Å²) in [6, 6.07) is 0.809. The van der Waals surface area contributed by atoms with Crippen molar-refractivity contribution in [3.8, 4) is 0 Å². The van der Waals surface area contributed by atoms with Crippen LogP contribution in [-0.2, 0) is 0 Å². The molecule has 2 fully saturated rings. The number of rotatable bonds is 3. The van der Waals surface area contributed by atoms with E-state index < -0.39 is 0 Å². The molecule has 2 aliphatic heterocycles. The van der Waals surface area contributed by atoms with Crippen molar-refractivity contribution in [1.82, 2.24) is 10.2 Å². The van der Waals surface area contributed by atoms with Gasteiger partial charge in [-0.05, 0) is 50.1 Å². The average molecular weight is 224 g/mol. The third-order valence-corrected chi connectivity index (χ3v) is 5.03. The highest BCUT2D eigenvalue weighted by atomic mass is 15.2. The van der Waals surface area contributed by atoms with E-state index in [1.54, 1.807) is 0 Å². The van der Waals surface area contributed by atoms with Crippen LogP contribution in [0.2, 0.25) is 0 Å². The van der Waals surface area contributed by atoms with Gasteiger partial charge in [0.15, 0.2) is 0 Å². The lowest BCUT2D eigenvalue weighted by atomic mass is 9.82. The third kappa shape index (κ3) is 2.43. The summed E-state index contributed by atoms with van der Waals surface area (Å²) in [5.41, 5.74) is 0.640. The Labute approximate surface area is 101 Å². The predicted molar refractivity (Wildman–Crippen MR) is 69.6 cm³/mol. The second-order valence-electron chi connectivity index (χ2n) is 6.08. The van der Waals surface area contributed by atoms with Crippen LogP contribution in [0.5, 0.6) is 0 Å². The average Bonchev–Trinajstić information content (AvgIpc) is 2.74. The molecule has 0 aromatic carbocycles. The molecule has 2 unspecified atom stereocenters. The van der Waals surface area contributed by atoms with Gasteiger partial charge in [0, 0.05) is 19.1 Å². The molecule has 1 N–H and O–H groups in total. The zero-order valence-electron chi connectivity index (χ0n) is 11.3. The van der Waals surface area contributed by atoms with Gasteiger partial charge in [0.05, 0.1) is 0 Å². The Hall–Kier alpha value is -0.0800. The summed E-state index contributed by atoms with van der Waals surface area (Å²) in [7, 11) is 0. The lowest BCUT2D eigenvalue weighted by molar-refractivity contribution is 0.150. The molecule has 0 radical (unpaired) electrons. The smallest absolute Gasteiger partial charge is 0.0223 e. The first kappa shape index (κ1) is 12.4. The molecule has 0 aromatic heterocycles. The van der Waals surface area contributed by atoms with Crippen LogP contribution in [0.15, 0.2) is 0 Å². The lowest BCUT2D eigenvalue weighted by Gasteiger charge is -2.36. The van der Waals surface area contributed by atoms with E-state index in [-0.39, 0.29) is 0 Å². The van der Waals surface area contributed by atoms with E-state index in [0.29, 0.717) is 5.41 Å². The molecule has 0 bridgehead atoms. The van der Waals surface area contributed by atoms with E-state index in [9.17, 15) is 0 Å². The second-order valence-corrected chi connectivity index (χ2v) is 6.08. The Balaban J connectivity index is 1.92. The molecule has 2 heteroatoms. The van der Waals surface area contributed by atoms with Crippen molar-refractivity contribution in [2.45, 2.75) is 52.5 Å². The first-order valence-electron chi connectivity index (χ1n) is 7.14. The molecule has 2 heterocycles. The monoisotopic (exact) mass is 224 g/mol. The van der Waals surface area contributed by atoms with Crippen LogP contribution in [0.25, 0.3) is 0 Å². The molecule has 2 aliphatic rings. The predicted octanol–water partition coefficient (Wildman–Crippen LogP) is 2.50. The Morgan fingerprint density at radius 1 is 1.25 bits per heavy atom. The Kier molecular flexibility index (Phi) is 3.91. The molecule has 16 heavy (non-hydrogen) atoms. The van der Waals surface area contributed by atoms with E-state index >= 15 is 0 Å². The van der Waals surface area contributed by atoms with E-state index in [1.807, 2.05) is 0 Å². The first-order chi connectivity index (χ1) is 7.69. The van der Waals surface area contributed by atoms with Gasteiger partial charge in [-0.3, -0.25) is 4.90 Å². The van der Waals surface area contributed by atoms with Gasteiger partial charge in [-0.15, -0.1) is 0 Å². The van der Waals surface area contributed by atoms with E-state index in [4.69, 9.17) is 0 Å². The third-order valence-electron chi connectivity index (χ3n) is 5.03. The van der Waals surface area contributed by atoms with Gasteiger partial charge in [0.2, 0.25) is 0 Å². The van der Waals surface area contributed by atoms with Gasteiger partial charge in [-0.1, -0.05) is 20.8 Å². The molecule has 0 saturated carbocycles. The molecule has 2 atom stereocenters. The zero-order chi connectivity index (χ0) is 11.6. The van der Waals surface area contributed by atoms with Crippen LogP contribution < -0.4 is 5.32 Å². The van der Waals surface area contributed by atoms with E-state index in [0.717, 1.165) is 12.0 Å². The van der Waals surface area contributed by atoms with Crippen molar-refractivity contribution in [3.05, 3.63) is 0 Å². The van der Waals surface area contributed by atoms with Gasteiger partial charge in [-0.25, -0.2) is 0 Å². The Bertz CT molecular complexity index is 223. The van der Waals surface area contributed by atoms with Crippen molar-refractivity contribution < 1.29 is 0 Å². The first-order valence-corrected chi connectivity index (χ1v) is 7.14. The number of hydrogen-bond acceptors (Lipinski definition) is 2. The van der Waals surface area contributed by atoms with Crippen molar-refractivity contribution in [1.29, 1.82) is 0 Å². The van der Waals surface area contributed by atoms with Crippen molar-refractivity contribution in [2.75, 3.05) is 26.2 Å². The van der Waals surface area contributed by atoms with Crippen LogP contribution in [0.1, 0.15) is 46.5 Å². The molecule has 94 valence electrons. The number of piperidine rings is 1. The molecule has 2 nitrogen and oxygen atoms in total. The second kappa shape index (κ2) is 5.05. The molecule has 0 spiro atoms. The van der Waals surface area contributed by atoms with Crippen LogP contribution in [0, 0.1) is 11.3 Å². The Morgan fingerprint density at radius 3 is 2.56 bits per heavy atom. The fourth-order valence-electron chi connectivity index (χ4n) is 3.51. The van der Waals surface area contributed by atoms with Crippen LogP contribution in [0.4, 0.5) is 0 Å². The molecule has 0 aliphatic carbocycles. The molecule has 0 amide bonds. The quantitative estimate of drug-likeness (QED) is 0.792. The molecule has 2 rings (SSSR count). The fraction of sp³-hybridized carbons (Fsp3) is 1.00. The summed E-state index contributed by atoms with van der Waals surface area (Å²) in [6.07, 6.45) is 5.53. The fourth-order valence-corrected chi connectivity index (χ4v) is 3.51. The topological polar surface area (TPSA) is 15.3 Å². The minimum atomic E-state index is 0.640. The van der Waals surface area contributed by atoms with Gasteiger partial charge in [0.1, 0.15) is 0 Å². The Morgan fingerprint density at radius 2 is 2.00 bits per heavy atom. The number of likely N-dealkylation sites (tertiary alicyclic amines) is 1. The van der Waals surface area contributed by atoms with Crippen molar-refractivity contribution in [2.24, 2.45) is 11.3 Å². The standard InChI is InChI=1S/C14H28N2/c1-4-14(5-2)6-7-16(11-14)13-8-12(3)9-15-10-13/h12-13,15H,4-11H2,1-3H3. The maximum Gasteiger partial charge on any atom is 0.0223 e. The summed E-state index contributed by atoms with van der Waals surface area (Å²) >= 11 is 0. The van der Waals surface area contributed by atoms with Crippen LogP contribution >= 0.6 is 0 Å². The largest absolute Gasteiger partial charge is 0.315 e. The highest BCUT2D eigenvalue weighted by molar-refractivity contribution is 4.93. The van der Waals surface area contributed by atoms with Crippen molar-refractivity contribution >= 4 is 0 Å². The maximum atomic E-state index is 3.58.